The third-order valence-electron chi connectivity index (χ3n) is 3.38. The molecule has 3 aromatic rings. The van der Waals surface area contributed by atoms with Gasteiger partial charge in [0.15, 0.2) is 6.61 Å². The maximum atomic E-state index is 11.8. The van der Waals surface area contributed by atoms with Crippen molar-refractivity contribution in [1.29, 1.82) is 0 Å². The fraction of sp³-hybridized carbons (Fsp3) is 0.176. The van der Waals surface area contributed by atoms with E-state index in [0.717, 1.165) is 16.9 Å². The van der Waals surface area contributed by atoms with Gasteiger partial charge in [0.05, 0.1) is 21.1 Å². The number of hydrogen-bond acceptors (Lipinski definition) is 3. The lowest BCUT2D eigenvalue weighted by molar-refractivity contribution is -0.123. The van der Waals surface area contributed by atoms with Crippen LogP contribution in [0.2, 0.25) is 10.0 Å². The zero-order valence-corrected chi connectivity index (χ0v) is 14.2. The normalized spacial score (nSPS) is 10.8. The van der Waals surface area contributed by atoms with E-state index in [2.05, 4.69) is 15.3 Å². The van der Waals surface area contributed by atoms with Gasteiger partial charge in [0.2, 0.25) is 0 Å². The number of nitrogens with zero attached hydrogens (tertiary/aromatic N) is 1. The first-order chi connectivity index (χ1) is 11.6. The number of nitrogens with one attached hydrogen (secondary N) is 2. The molecule has 1 aromatic heterocycles. The van der Waals surface area contributed by atoms with Crippen LogP contribution in [-0.2, 0) is 11.2 Å². The Hall–Kier alpha value is -2.24. The van der Waals surface area contributed by atoms with Crippen molar-refractivity contribution in [2.24, 2.45) is 0 Å². The molecule has 1 heterocycles. The molecule has 0 saturated heterocycles. The Bertz CT molecular complexity index is 831. The molecule has 0 aliphatic carbocycles. The van der Waals surface area contributed by atoms with Gasteiger partial charge in [0, 0.05) is 19.0 Å². The number of para-hydroxylation sites is 2. The molecule has 0 spiro atoms. The summed E-state index contributed by atoms with van der Waals surface area (Å²) in [4.78, 5) is 19.5. The number of amides is 1. The number of halogens is 2. The number of carbonyl (C=O) groups excluding carboxylic acids is 1. The number of carbonyl (C=O) groups is 1. The number of aromatic amines is 1. The van der Waals surface area contributed by atoms with Crippen LogP contribution in [0, 0.1) is 0 Å². The first-order valence-electron chi connectivity index (χ1n) is 7.40. The SMILES string of the molecule is O=C(COc1ccc(Cl)c(Cl)c1)NCCc1nc2ccccc2[nH]1. The number of H-pyrrole nitrogens is 1. The minimum atomic E-state index is -0.211. The molecular formula is C17H15Cl2N3O2. The van der Waals surface area contributed by atoms with Crippen LogP contribution in [0.25, 0.3) is 11.0 Å². The topological polar surface area (TPSA) is 67.0 Å². The molecule has 2 aromatic carbocycles. The highest BCUT2D eigenvalue weighted by Crippen LogP contribution is 2.26. The number of fused-ring (bicyclic) bond motifs is 1. The van der Waals surface area contributed by atoms with Gasteiger partial charge in [-0.1, -0.05) is 35.3 Å². The summed E-state index contributed by atoms with van der Waals surface area (Å²) in [6.07, 6.45) is 0.618. The van der Waals surface area contributed by atoms with E-state index in [4.69, 9.17) is 27.9 Å². The lowest BCUT2D eigenvalue weighted by atomic mass is 10.3. The van der Waals surface area contributed by atoms with Crippen LogP contribution in [0.3, 0.4) is 0 Å². The molecular weight excluding hydrogens is 349 g/mol. The predicted molar refractivity (Wildman–Crippen MR) is 94.8 cm³/mol. The van der Waals surface area contributed by atoms with E-state index in [1.165, 1.54) is 0 Å². The second-order valence-corrected chi connectivity index (χ2v) is 5.98. The Labute approximate surface area is 148 Å². The van der Waals surface area contributed by atoms with Crippen molar-refractivity contribution in [2.45, 2.75) is 6.42 Å². The first-order valence-corrected chi connectivity index (χ1v) is 8.15. The minimum Gasteiger partial charge on any atom is -0.484 e. The Morgan fingerprint density at radius 2 is 2.00 bits per heavy atom. The van der Waals surface area contributed by atoms with Gasteiger partial charge < -0.3 is 15.0 Å². The van der Waals surface area contributed by atoms with Crippen molar-refractivity contribution >= 4 is 40.1 Å². The average Bonchev–Trinajstić information content (AvgIpc) is 2.98. The highest BCUT2D eigenvalue weighted by Gasteiger charge is 2.06. The summed E-state index contributed by atoms with van der Waals surface area (Å²) in [7, 11) is 0. The lowest BCUT2D eigenvalue weighted by Gasteiger charge is -2.07. The molecule has 0 aliphatic heterocycles. The van der Waals surface area contributed by atoms with Crippen molar-refractivity contribution in [3.05, 3.63) is 58.3 Å². The number of imidazole rings is 1. The van der Waals surface area contributed by atoms with E-state index in [1.54, 1.807) is 18.2 Å². The molecule has 2 N–H and O–H groups in total. The molecule has 24 heavy (non-hydrogen) atoms. The third-order valence-corrected chi connectivity index (χ3v) is 4.12. The van der Waals surface area contributed by atoms with Crippen LogP contribution in [0.4, 0.5) is 0 Å². The van der Waals surface area contributed by atoms with Gasteiger partial charge in [-0.15, -0.1) is 0 Å². The van der Waals surface area contributed by atoms with Crippen LogP contribution in [-0.4, -0.2) is 29.0 Å². The Morgan fingerprint density at radius 3 is 2.79 bits per heavy atom. The summed E-state index contributed by atoms with van der Waals surface area (Å²) in [5, 5.41) is 3.62. The zero-order valence-electron chi connectivity index (χ0n) is 12.7. The quantitative estimate of drug-likeness (QED) is 0.702. The smallest absolute Gasteiger partial charge is 0.257 e. The van der Waals surface area contributed by atoms with Gasteiger partial charge in [-0.2, -0.15) is 0 Å². The molecule has 0 fully saturated rings. The third kappa shape index (κ3) is 4.19. The van der Waals surface area contributed by atoms with Crippen LogP contribution >= 0.6 is 23.2 Å². The molecule has 0 saturated carbocycles. The van der Waals surface area contributed by atoms with Gasteiger partial charge in [-0.25, -0.2) is 4.98 Å². The monoisotopic (exact) mass is 363 g/mol. The van der Waals surface area contributed by atoms with Crippen molar-refractivity contribution < 1.29 is 9.53 Å². The Balaban J connectivity index is 1.44. The van der Waals surface area contributed by atoms with Gasteiger partial charge in [0.1, 0.15) is 11.6 Å². The van der Waals surface area contributed by atoms with E-state index in [-0.39, 0.29) is 12.5 Å². The van der Waals surface area contributed by atoms with E-state index in [0.29, 0.717) is 28.8 Å². The molecule has 5 nitrogen and oxygen atoms in total. The summed E-state index contributed by atoms with van der Waals surface area (Å²) < 4.78 is 5.38. The van der Waals surface area contributed by atoms with Gasteiger partial charge >= 0.3 is 0 Å². The molecule has 0 bridgehead atoms. The van der Waals surface area contributed by atoms with E-state index < -0.39 is 0 Å². The Kier molecular flexibility index (Phi) is 5.23. The molecule has 0 radical (unpaired) electrons. The molecule has 7 heteroatoms. The number of hydrogen-bond donors (Lipinski definition) is 2. The largest absolute Gasteiger partial charge is 0.484 e. The number of benzene rings is 2. The second kappa shape index (κ2) is 7.55. The second-order valence-electron chi connectivity index (χ2n) is 5.17. The highest BCUT2D eigenvalue weighted by molar-refractivity contribution is 6.42. The van der Waals surface area contributed by atoms with Crippen molar-refractivity contribution in [2.75, 3.05) is 13.2 Å². The summed E-state index contributed by atoms with van der Waals surface area (Å²) in [5.74, 6) is 1.12. The zero-order chi connectivity index (χ0) is 16.9. The van der Waals surface area contributed by atoms with Crippen molar-refractivity contribution in [1.82, 2.24) is 15.3 Å². The van der Waals surface area contributed by atoms with Gasteiger partial charge in [-0.05, 0) is 24.3 Å². The minimum absolute atomic E-state index is 0.0852. The maximum Gasteiger partial charge on any atom is 0.257 e. The summed E-state index contributed by atoms with van der Waals surface area (Å²) in [5.41, 5.74) is 1.91. The molecule has 0 atom stereocenters. The summed E-state index contributed by atoms with van der Waals surface area (Å²) in [6, 6.07) is 12.7. The van der Waals surface area contributed by atoms with Crippen LogP contribution in [0.5, 0.6) is 5.75 Å². The van der Waals surface area contributed by atoms with Crippen molar-refractivity contribution in [3.63, 3.8) is 0 Å². The summed E-state index contributed by atoms with van der Waals surface area (Å²) >= 11 is 11.7. The molecule has 0 aliphatic rings. The van der Waals surface area contributed by atoms with Crippen LogP contribution in [0.1, 0.15) is 5.82 Å². The first kappa shape index (κ1) is 16.6. The molecule has 3 rings (SSSR count). The van der Waals surface area contributed by atoms with Crippen LogP contribution in [0.15, 0.2) is 42.5 Å². The Morgan fingerprint density at radius 1 is 1.17 bits per heavy atom. The van der Waals surface area contributed by atoms with E-state index in [9.17, 15) is 4.79 Å². The molecule has 0 unspecified atom stereocenters. The van der Waals surface area contributed by atoms with E-state index in [1.807, 2.05) is 24.3 Å². The van der Waals surface area contributed by atoms with E-state index >= 15 is 0 Å². The number of aromatic nitrogens is 2. The lowest BCUT2D eigenvalue weighted by Crippen LogP contribution is -2.30. The molecule has 124 valence electrons. The predicted octanol–water partition coefficient (Wildman–Crippen LogP) is 3.61. The number of ether oxygens (including phenoxy) is 1. The number of rotatable bonds is 6. The van der Waals surface area contributed by atoms with Crippen molar-refractivity contribution in [3.8, 4) is 5.75 Å². The molecule has 1 amide bonds. The van der Waals surface area contributed by atoms with Gasteiger partial charge in [0.25, 0.3) is 5.91 Å². The highest BCUT2D eigenvalue weighted by atomic mass is 35.5. The van der Waals surface area contributed by atoms with Gasteiger partial charge in [-0.3, -0.25) is 4.79 Å². The fourth-order valence-corrected chi connectivity index (χ4v) is 2.50. The maximum absolute atomic E-state index is 11.8. The standard InChI is InChI=1S/C17H15Cl2N3O2/c18-12-6-5-11(9-13(12)19)24-10-17(23)20-8-7-16-21-14-3-1-2-4-15(14)22-16/h1-6,9H,7-8,10H2,(H,20,23)(H,21,22). The van der Waals surface area contributed by atoms with Crippen LogP contribution < -0.4 is 10.1 Å². The summed E-state index contributed by atoms with van der Waals surface area (Å²) in [6.45, 7) is 0.390. The average molecular weight is 364 g/mol. The fourth-order valence-electron chi connectivity index (χ4n) is 2.21.